The SMILES string of the molecule is COc1ccc(-c2cc(C[C@@H]3CC[C@H](O)[C@@H](CNCc4ccccc4OC)O3)no2)cc1. The highest BCUT2D eigenvalue weighted by atomic mass is 16.5. The predicted molar refractivity (Wildman–Crippen MR) is 121 cm³/mol. The molecule has 0 radical (unpaired) electrons. The van der Waals surface area contributed by atoms with Gasteiger partial charge in [0.2, 0.25) is 0 Å². The van der Waals surface area contributed by atoms with E-state index in [0.29, 0.717) is 31.7 Å². The van der Waals surface area contributed by atoms with Gasteiger partial charge in [-0.05, 0) is 43.2 Å². The molecule has 2 heterocycles. The van der Waals surface area contributed by atoms with Gasteiger partial charge in [-0.15, -0.1) is 0 Å². The number of nitrogens with zero attached hydrogens (tertiary/aromatic N) is 1. The molecule has 7 nitrogen and oxygen atoms in total. The van der Waals surface area contributed by atoms with Crippen LogP contribution in [0.4, 0.5) is 0 Å². The van der Waals surface area contributed by atoms with Crippen molar-refractivity contribution in [2.45, 2.75) is 44.1 Å². The monoisotopic (exact) mass is 438 g/mol. The highest BCUT2D eigenvalue weighted by Crippen LogP contribution is 2.26. The largest absolute Gasteiger partial charge is 0.497 e. The van der Waals surface area contributed by atoms with E-state index >= 15 is 0 Å². The zero-order valence-electron chi connectivity index (χ0n) is 18.5. The molecule has 2 N–H and O–H groups in total. The second kappa shape index (κ2) is 10.6. The summed E-state index contributed by atoms with van der Waals surface area (Å²) in [7, 11) is 3.31. The molecule has 1 aliphatic rings. The Labute approximate surface area is 188 Å². The van der Waals surface area contributed by atoms with Crippen LogP contribution in [0.1, 0.15) is 24.1 Å². The first-order chi connectivity index (χ1) is 15.7. The molecule has 0 saturated carbocycles. The van der Waals surface area contributed by atoms with Crippen LogP contribution in [0.3, 0.4) is 0 Å². The molecular weight excluding hydrogens is 408 g/mol. The maximum Gasteiger partial charge on any atom is 0.167 e. The Hall–Kier alpha value is -2.87. The van der Waals surface area contributed by atoms with Crippen LogP contribution in [0.15, 0.2) is 59.1 Å². The summed E-state index contributed by atoms with van der Waals surface area (Å²) < 4.78 is 22.3. The van der Waals surface area contributed by atoms with Gasteiger partial charge in [0.25, 0.3) is 0 Å². The lowest BCUT2D eigenvalue weighted by atomic mass is 9.98. The molecule has 1 saturated heterocycles. The summed E-state index contributed by atoms with van der Waals surface area (Å²) in [5.74, 6) is 2.36. The van der Waals surface area contributed by atoms with Crippen LogP contribution in [0.5, 0.6) is 11.5 Å². The predicted octanol–water partition coefficient (Wildman–Crippen LogP) is 3.60. The number of nitrogens with one attached hydrogen (secondary N) is 1. The maximum absolute atomic E-state index is 10.4. The van der Waals surface area contributed by atoms with Crippen LogP contribution in [0.25, 0.3) is 11.3 Å². The van der Waals surface area contributed by atoms with E-state index in [1.807, 2.05) is 54.6 Å². The molecule has 0 bridgehead atoms. The number of ether oxygens (including phenoxy) is 3. The van der Waals surface area contributed by atoms with Crippen molar-refractivity contribution in [2.75, 3.05) is 20.8 Å². The lowest BCUT2D eigenvalue weighted by Crippen LogP contribution is -2.45. The smallest absolute Gasteiger partial charge is 0.167 e. The van der Waals surface area contributed by atoms with Gasteiger partial charge in [0.1, 0.15) is 11.5 Å². The molecule has 0 spiro atoms. The average Bonchev–Trinajstić information content (AvgIpc) is 3.30. The van der Waals surface area contributed by atoms with Gasteiger partial charge >= 0.3 is 0 Å². The standard InChI is InChI=1S/C25H30N2O5/c1-29-20-9-7-17(8-10-20)24-14-19(27-32-24)13-21-11-12-22(28)25(31-21)16-26-15-18-5-3-4-6-23(18)30-2/h3-10,14,21-22,25-26,28H,11-13,15-16H2,1-2H3/t21-,22-,25+/m0/s1. The van der Waals surface area contributed by atoms with E-state index in [1.54, 1.807) is 14.2 Å². The van der Waals surface area contributed by atoms with Crippen LogP contribution < -0.4 is 14.8 Å². The van der Waals surface area contributed by atoms with Gasteiger partial charge in [0.05, 0.1) is 38.2 Å². The Morgan fingerprint density at radius 1 is 1.06 bits per heavy atom. The fourth-order valence-electron chi connectivity index (χ4n) is 4.01. The molecule has 1 aliphatic heterocycles. The summed E-state index contributed by atoms with van der Waals surface area (Å²) in [5, 5.41) is 18.0. The fourth-order valence-corrected chi connectivity index (χ4v) is 4.01. The number of para-hydroxylation sites is 1. The number of benzene rings is 2. The number of aliphatic hydroxyl groups excluding tert-OH is 1. The van der Waals surface area contributed by atoms with Crippen molar-refractivity contribution in [3.05, 3.63) is 65.9 Å². The second-order valence-corrected chi connectivity index (χ2v) is 8.00. The van der Waals surface area contributed by atoms with Crippen molar-refractivity contribution >= 4 is 0 Å². The quantitative estimate of drug-likeness (QED) is 0.528. The maximum atomic E-state index is 10.4. The normalized spacial score (nSPS) is 20.8. The van der Waals surface area contributed by atoms with E-state index in [4.69, 9.17) is 18.7 Å². The highest BCUT2D eigenvalue weighted by Gasteiger charge is 2.30. The van der Waals surface area contributed by atoms with Gasteiger partial charge in [-0.1, -0.05) is 23.4 Å². The van der Waals surface area contributed by atoms with Crippen molar-refractivity contribution in [1.82, 2.24) is 10.5 Å². The first-order valence-electron chi connectivity index (χ1n) is 10.9. The molecular formula is C25H30N2O5. The number of methoxy groups -OCH3 is 2. The van der Waals surface area contributed by atoms with Crippen LogP contribution in [-0.4, -0.2) is 49.3 Å². The van der Waals surface area contributed by atoms with Gasteiger partial charge in [-0.3, -0.25) is 0 Å². The van der Waals surface area contributed by atoms with Crippen molar-refractivity contribution < 1.29 is 23.8 Å². The second-order valence-electron chi connectivity index (χ2n) is 8.00. The lowest BCUT2D eigenvalue weighted by Gasteiger charge is -2.34. The molecule has 170 valence electrons. The third-order valence-electron chi connectivity index (χ3n) is 5.80. The summed E-state index contributed by atoms with van der Waals surface area (Å²) in [6.45, 7) is 1.21. The lowest BCUT2D eigenvalue weighted by molar-refractivity contribution is -0.115. The number of hydrogen-bond donors (Lipinski definition) is 2. The fraction of sp³-hybridized carbons (Fsp3) is 0.400. The molecule has 2 aromatic carbocycles. The molecule has 3 atom stereocenters. The van der Waals surface area contributed by atoms with E-state index < -0.39 is 6.10 Å². The summed E-state index contributed by atoms with van der Waals surface area (Å²) in [4.78, 5) is 0. The summed E-state index contributed by atoms with van der Waals surface area (Å²) >= 11 is 0. The number of aromatic nitrogens is 1. The molecule has 0 unspecified atom stereocenters. The van der Waals surface area contributed by atoms with E-state index in [1.165, 1.54) is 0 Å². The third kappa shape index (κ3) is 5.48. The molecule has 4 rings (SSSR count). The minimum Gasteiger partial charge on any atom is -0.497 e. The Balaban J connectivity index is 1.31. The van der Waals surface area contributed by atoms with Crippen molar-refractivity contribution in [1.29, 1.82) is 0 Å². The molecule has 0 amide bonds. The van der Waals surface area contributed by atoms with Gasteiger partial charge in [-0.2, -0.15) is 0 Å². The van der Waals surface area contributed by atoms with Crippen molar-refractivity contribution in [3.63, 3.8) is 0 Å². The topological polar surface area (TPSA) is 86.0 Å². The van der Waals surface area contributed by atoms with Crippen LogP contribution in [-0.2, 0) is 17.7 Å². The van der Waals surface area contributed by atoms with E-state index in [0.717, 1.165) is 34.7 Å². The minimum atomic E-state index is -0.483. The van der Waals surface area contributed by atoms with Crippen molar-refractivity contribution in [3.8, 4) is 22.8 Å². The molecule has 7 heteroatoms. The van der Waals surface area contributed by atoms with Gasteiger partial charge in [-0.25, -0.2) is 0 Å². The molecule has 3 aromatic rings. The summed E-state index contributed by atoms with van der Waals surface area (Å²) in [6, 6.07) is 17.5. The Morgan fingerprint density at radius 2 is 1.88 bits per heavy atom. The zero-order valence-corrected chi connectivity index (χ0v) is 18.5. The van der Waals surface area contributed by atoms with Crippen molar-refractivity contribution in [2.24, 2.45) is 0 Å². The summed E-state index contributed by atoms with van der Waals surface area (Å²) in [6.07, 6.45) is 1.38. The number of rotatable bonds is 9. The molecule has 1 fully saturated rings. The number of aliphatic hydroxyl groups is 1. The van der Waals surface area contributed by atoms with E-state index in [-0.39, 0.29) is 12.2 Å². The highest BCUT2D eigenvalue weighted by molar-refractivity contribution is 5.58. The Kier molecular flexibility index (Phi) is 7.42. The summed E-state index contributed by atoms with van der Waals surface area (Å²) in [5.41, 5.74) is 2.87. The Morgan fingerprint density at radius 3 is 2.66 bits per heavy atom. The van der Waals surface area contributed by atoms with E-state index in [9.17, 15) is 5.11 Å². The van der Waals surface area contributed by atoms with Gasteiger partial charge in [0, 0.05) is 36.7 Å². The molecule has 0 aliphatic carbocycles. The van der Waals surface area contributed by atoms with Gasteiger partial charge in [0.15, 0.2) is 5.76 Å². The van der Waals surface area contributed by atoms with E-state index in [2.05, 4.69) is 10.5 Å². The van der Waals surface area contributed by atoms with Gasteiger partial charge < -0.3 is 29.2 Å². The van der Waals surface area contributed by atoms with Crippen LogP contribution >= 0.6 is 0 Å². The number of hydrogen-bond acceptors (Lipinski definition) is 7. The minimum absolute atomic E-state index is 0.00900. The van der Waals surface area contributed by atoms with Crippen LogP contribution in [0.2, 0.25) is 0 Å². The Bertz CT molecular complexity index is 988. The zero-order chi connectivity index (χ0) is 22.3. The third-order valence-corrected chi connectivity index (χ3v) is 5.80. The molecule has 1 aromatic heterocycles. The first kappa shape index (κ1) is 22.3. The molecule has 32 heavy (non-hydrogen) atoms. The van der Waals surface area contributed by atoms with Crippen LogP contribution in [0, 0.1) is 0 Å². The average molecular weight is 439 g/mol. The first-order valence-corrected chi connectivity index (χ1v) is 10.9.